The fourth-order valence-electron chi connectivity index (χ4n) is 1.89. The number of nitrogens with zero attached hydrogens (tertiary/aromatic N) is 2. The smallest absolute Gasteiger partial charge is 0.226 e. The van der Waals surface area contributed by atoms with E-state index >= 15 is 0 Å². The molecular formula is C16H15N3O2S2. The number of nitrogens with one attached hydrogen (secondary N) is 1. The Kier molecular flexibility index (Phi) is 5.33. The van der Waals surface area contributed by atoms with Gasteiger partial charge in [-0.15, -0.1) is 21.5 Å². The maximum absolute atomic E-state index is 11.9. The quantitative estimate of drug-likeness (QED) is 0.656. The van der Waals surface area contributed by atoms with Crippen molar-refractivity contribution in [1.82, 2.24) is 10.2 Å². The second kappa shape index (κ2) is 7.85. The zero-order valence-electron chi connectivity index (χ0n) is 12.3. The van der Waals surface area contributed by atoms with Crippen molar-refractivity contribution in [3.8, 4) is 15.6 Å². The highest BCUT2D eigenvalue weighted by Crippen LogP contribution is 2.29. The van der Waals surface area contributed by atoms with Crippen LogP contribution in [0.2, 0.25) is 0 Å². The molecule has 1 aromatic carbocycles. The van der Waals surface area contributed by atoms with Gasteiger partial charge < -0.3 is 10.1 Å². The molecule has 1 amide bonds. The Balaban J connectivity index is 1.41. The van der Waals surface area contributed by atoms with E-state index in [1.165, 1.54) is 11.3 Å². The van der Waals surface area contributed by atoms with Gasteiger partial charge in [0.05, 0.1) is 11.5 Å². The third-order valence-electron chi connectivity index (χ3n) is 2.96. The molecule has 0 aliphatic heterocycles. The van der Waals surface area contributed by atoms with E-state index in [1.54, 1.807) is 11.3 Å². The van der Waals surface area contributed by atoms with Crippen LogP contribution in [-0.2, 0) is 4.79 Å². The molecule has 118 valence electrons. The molecule has 3 aromatic rings. The van der Waals surface area contributed by atoms with Crippen molar-refractivity contribution in [3.05, 3.63) is 47.8 Å². The molecule has 7 heteroatoms. The van der Waals surface area contributed by atoms with Crippen molar-refractivity contribution in [3.63, 3.8) is 0 Å². The predicted molar refractivity (Wildman–Crippen MR) is 93.0 cm³/mol. The summed E-state index contributed by atoms with van der Waals surface area (Å²) in [5.74, 6) is 0.744. The number of ether oxygens (including phenoxy) is 1. The van der Waals surface area contributed by atoms with E-state index in [9.17, 15) is 4.79 Å². The van der Waals surface area contributed by atoms with Crippen LogP contribution in [0.15, 0.2) is 47.8 Å². The van der Waals surface area contributed by atoms with Crippen molar-refractivity contribution in [1.29, 1.82) is 0 Å². The Hall–Kier alpha value is -2.25. The first-order valence-electron chi connectivity index (χ1n) is 7.16. The zero-order valence-corrected chi connectivity index (χ0v) is 13.9. The highest BCUT2D eigenvalue weighted by atomic mass is 32.1. The van der Waals surface area contributed by atoms with Crippen molar-refractivity contribution >= 4 is 33.7 Å². The summed E-state index contributed by atoms with van der Waals surface area (Å²) >= 11 is 2.98. The fraction of sp³-hybridized carbons (Fsp3) is 0.188. The van der Waals surface area contributed by atoms with Gasteiger partial charge in [-0.3, -0.25) is 4.79 Å². The molecule has 1 N–H and O–H groups in total. The number of carbonyl (C=O) groups is 1. The van der Waals surface area contributed by atoms with Crippen LogP contribution in [0.3, 0.4) is 0 Å². The molecule has 23 heavy (non-hydrogen) atoms. The molecule has 0 spiro atoms. The van der Waals surface area contributed by atoms with Crippen LogP contribution >= 0.6 is 22.7 Å². The second-order valence-electron chi connectivity index (χ2n) is 4.70. The SMILES string of the molecule is O=C(CCCOc1ccccc1)Nc1nnc(-c2cccs2)s1. The number of aromatic nitrogens is 2. The zero-order chi connectivity index (χ0) is 15.9. The summed E-state index contributed by atoms with van der Waals surface area (Å²) in [6.45, 7) is 0.508. The molecule has 0 unspecified atom stereocenters. The number of para-hydroxylation sites is 1. The standard InChI is InChI=1S/C16H15N3O2S2/c20-14(9-4-10-21-12-6-2-1-3-7-12)17-16-19-18-15(23-16)13-8-5-11-22-13/h1-3,5-8,11H,4,9-10H2,(H,17,19,20). The lowest BCUT2D eigenvalue weighted by Gasteiger charge is -2.05. The van der Waals surface area contributed by atoms with Crippen LogP contribution in [0.25, 0.3) is 9.88 Å². The van der Waals surface area contributed by atoms with Crippen LogP contribution in [-0.4, -0.2) is 22.7 Å². The van der Waals surface area contributed by atoms with Crippen LogP contribution in [0, 0.1) is 0 Å². The third kappa shape index (κ3) is 4.61. The van der Waals surface area contributed by atoms with Gasteiger partial charge in [0.1, 0.15) is 5.75 Å². The van der Waals surface area contributed by atoms with Gasteiger partial charge in [-0.05, 0) is 30.0 Å². The Morgan fingerprint density at radius 2 is 2.00 bits per heavy atom. The molecular weight excluding hydrogens is 330 g/mol. The number of amides is 1. The lowest BCUT2D eigenvalue weighted by Crippen LogP contribution is -2.12. The topological polar surface area (TPSA) is 64.1 Å². The van der Waals surface area contributed by atoms with Crippen molar-refractivity contribution in [2.75, 3.05) is 11.9 Å². The predicted octanol–water partition coefficient (Wildman–Crippen LogP) is 4.06. The van der Waals surface area contributed by atoms with Gasteiger partial charge in [0.25, 0.3) is 0 Å². The molecule has 0 bridgehead atoms. The molecule has 5 nitrogen and oxygen atoms in total. The van der Waals surface area contributed by atoms with Gasteiger partial charge in [0, 0.05) is 6.42 Å². The second-order valence-corrected chi connectivity index (χ2v) is 6.63. The van der Waals surface area contributed by atoms with Crippen molar-refractivity contribution in [2.45, 2.75) is 12.8 Å². The highest BCUT2D eigenvalue weighted by Gasteiger charge is 2.10. The molecule has 0 radical (unpaired) electrons. The number of carbonyl (C=O) groups excluding carboxylic acids is 1. The Morgan fingerprint density at radius 3 is 2.78 bits per heavy atom. The van der Waals surface area contributed by atoms with Crippen LogP contribution in [0.5, 0.6) is 5.75 Å². The van der Waals surface area contributed by atoms with Crippen molar-refractivity contribution in [2.24, 2.45) is 0 Å². The molecule has 2 heterocycles. The summed E-state index contributed by atoms with van der Waals surface area (Å²) in [6.07, 6.45) is 1.04. The molecule has 0 fully saturated rings. The van der Waals surface area contributed by atoms with Crippen molar-refractivity contribution < 1.29 is 9.53 Å². The average Bonchev–Trinajstić information content (AvgIpc) is 3.24. The first kappa shape index (κ1) is 15.6. The molecule has 2 aromatic heterocycles. The summed E-state index contributed by atoms with van der Waals surface area (Å²) < 4.78 is 5.56. The molecule has 0 atom stereocenters. The Morgan fingerprint density at radius 1 is 1.13 bits per heavy atom. The van der Waals surface area contributed by atoms with E-state index in [-0.39, 0.29) is 5.91 Å². The number of hydrogen-bond donors (Lipinski definition) is 1. The van der Waals surface area contributed by atoms with E-state index < -0.39 is 0 Å². The molecule has 0 saturated carbocycles. The highest BCUT2D eigenvalue weighted by molar-refractivity contribution is 7.23. The minimum Gasteiger partial charge on any atom is -0.494 e. The van der Waals surface area contributed by atoms with Gasteiger partial charge in [0.15, 0.2) is 5.01 Å². The minimum absolute atomic E-state index is 0.0736. The van der Waals surface area contributed by atoms with E-state index in [0.29, 0.717) is 24.6 Å². The van der Waals surface area contributed by atoms with Crippen LogP contribution in [0.1, 0.15) is 12.8 Å². The lowest BCUT2D eigenvalue weighted by atomic mass is 10.3. The molecule has 3 rings (SSSR count). The number of hydrogen-bond acceptors (Lipinski definition) is 6. The monoisotopic (exact) mass is 345 g/mol. The van der Waals surface area contributed by atoms with Gasteiger partial charge in [-0.1, -0.05) is 35.6 Å². The maximum Gasteiger partial charge on any atom is 0.226 e. The van der Waals surface area contributed by atoms with Crippen LogP contribution in [0.4, 0.5) is 5.13 Å². The Labute approximate surface area is 142 Å². The number of rotatable bonds is 7. The fourth-order valence-corrected chi connectivity index (χ4v) is 3.45. The van der Waals surface area contributed by atoms with Crippen LogP contribution < -0.4 is 10.1 Å². The molecule has 0 aliphatic carbocycles. The summed E-state index contributed by atoms with van der Waals surface area (Å²) in [7, 11) is 0. The van der Waals surface area contributed by atoms with E-state index in [1.807, 2.05) is 47.8 Å². The lowest BCUT2D eigenvalue weighted by molar-refractivity contribution is -0.116. The normalized spacial score (nSPS) is 10.4. The van der Waals surface area contributed by atoms with E-state index in [4.69, 9.17) is 4.74 Å². The van der Waals surface area contributed by atoms with E-state index in [2.05, 4.69) is 15.5 Å². The summed E-state index contributed by atoms with van der Waals surface area (Å²) in [6, 6.07) is 13.5. The molecule has 0 aliphatic rings. The number of benzene rings is 1. The first-order chi connectivity index (χ1) is 11.3. The summed E-state index contributed by atoms with van der Waals surface area (Å²) in [4.78, 5) is 12.9. The third-order valence-corrected chi connectivity index (χ3v) is 4.84. The number of anilines is 1. The van der Waals surface area contributed by atoms with Gasteiger partial charge >= 0.3 is 0 Å². The van der Waals surface area contributed by atoms with Gasteiger partial charge in [0.2, 0.25) is 11.0 Å². The van der Waals surface area contributed by atoms with Gasteiger partial charge in [-0.2, -0.15) is 0 Å². The summed E-state index contributed by atoms with van der Waals surface area (Å²) in [5.41, 5.74) is 0. The molecule has 0 saturated heterocycles. The number of thiophene rings is 1. The Bertz CT molecular complexity index is 742. The van der Waals surface area contributed by atoms with Gasteiger partial charge in [-0.25, -0.2) is 0 Å². The maximum atomic E-state index is 11.9. The average molecular weight is 345 g/mol. The summed E-state index contributed by atoms with van der Waals surface area (Å²) in [5, 5.41) is 14.2. The first-order valence-corrected chi connectivity index (χ1v) is 8.86. The van der Waals surface area contributed by atoms with E-state index in [0.717, 1.165) is 15.6 Å². The minimum atomic E-state index is -0.0736. The largest absolute Gasteiger partial charge is 0.494 e.